The number of likely N-dealkylation sites (N-methyl/N-ethyl adjacent to an activating group) is 1. The minimum Gasteiger partial charge on any atom is -0.343 e. The Morgan fingerprint density at radius 3 is 3.00 bits per heavy atom. The zero-order valence-electron chi connectivity index (χ0n) is 9.60. The molecule has 0 bridgehead atoms. The first-order chi connectivity index (χ1) is 7.75. The normalized spacial score (nSPS) is 23.1. The average molecular weight is 229 g/mol. The molecular weight excluding hydrogens is 214 g/mol. The van der Waals surface area contributed by atoms with Gasteiger partial charge in [0.05, 0.1) is 11.4 Å². The predicted octanol–water partition coefficient (Wildman–Crippen LogP) is 4.04. The number of rotatable bonds is 0. The number of hydrogen-bond acceptors (Lipinski definition) is 2. The maximum atomic E-state index is 2.40. The van der Waals surface area contributed by atoms with Crippen molar-refractivity contribution >= 4 is 17.4 Å². The summed E-state index contributed by atoms with van der Waals surface area (Å²) in [6.07, 6.45) is 5.92. The molecule has 82 valence electrons. The van der Waals surface area contributed by atoms with Gasteiger partial charge in [0.2, 0.25) is 0 Å². The van der Waals surface area contributed by atoms with Crippen LogP contribution in [-0.4, -0.2) is 7.05 Å². The lowest BCUT2D eigenvalue weighted by atomic mass is 10.0. The second-order valence-corrected chi connectivity index (χ2v) is 5.55. The second-order valence-electron chi connectivity index (χ2n) is 4.46. The summed E-state index contributed by atoms with van der Waals surface area (Å²) in [5.41, 5.74) is 2.70. The van der Waals surface area contributed by atoms with Gasteiger partial charge in [-0.25, -0.2) is 0 Å². The highest BCUT2D eigenvalue weighted by Crippen LogP contribution is 2.47. The SMILES string of the molecule is CC1C=C2Sc3ccccc3N(C)C2=CC1. The van der Waals surface area contributed by atoms with Crippen molar-refractivity contribution in [2.75, 3.05) is 11.9 Å². The molecule has 0 fully saturated rings. The van der Waals surface area contributed by atoms with Crippen molar-refractivity contribution < 1.29 is 0 Å². The highest BCUT2D eigenvalue weighted by molar-refractivity contribution is 8.03. The molecular formula is C14H15NS. The fraction of sp³-hybridized carbons (Fsp3) is 0.286. The molecule has 1 aliphatic heterocycles. The summed E-state index contributed by atoms with van der Waals surface area (Å²) in [6, 6.07) is 8.61. The van der Waals surface area contributed by atoms with E-state index in [0.29, 0.717) is 5.92 Å². The van der Waals surface area contributed by atoms with E-state index >= 15 is 0 Å². The van der Waals surface area contributed by atoms with E-state index in [1.54, 1.807) is 0 Å². The quantitative estimate of drug-likeness (QED) is 0.660. The van der Waals surface area contributed by atoms with Crippen molar-refractivity contribution in [2.45, 2.75) is 18.2 Å². The van der Waals surface area contributed by atoms with Crippen LogP contribution in [0.4, 0.5) is 5.69 Å². The highest BCUT2D eigenvalue weighted by Gasteiger charge is 2.25. The topological polar surface area (TPSA) is 3.24 Å². The van der Waals surface area contributed by atoms with Gasteiger partial charge >= 0.3 is 0 Å². The van der Waals surface area contributed by atoms with E-state index in [2.05, 4.69) is 55.3 Å². The molecule has 1 aromatic rings. The molecule has 0 N–H and O–H groups in total. The van der Waals surface area contributed by atoms with Crippen LogP contribution in [0.15, 0.2) is 51.9 Å². The third kappa shape index (κ3) is 1.49. The van der Waals surface area contributed by atoms with E-state index in [9.17, 15) is 0 Å². The molecule has 0 radical (unpaired) electrons. The van der Waals surface area contributed by atoms with Crippen LogP contribution in [0.2, 0.25) is 0 Å². The summed E-state index contributed by atoms with van der Waals surface area (Å²) in [4.78, 5) is 5.09. The Labute approximate surface area is 101 Å². The Bertz CT molecular complexity index is 487. The molecule has 1 unspecified atom stereocenters. The number of benzene rings is 1. The Morgan fingerprint density at radius 2 is 2.12 bits per heavy atom. The Morgan fingerprint density at radius 1 is 1.31 bits per heavy atom. The standard InChI is InChI=1S/C14H15NS/c1-10-7-8-12-14(9-10)16-13-6-4-3-5-11(13)15(12)2/h3-6,8-10H,7H2,1-2H3. The van der Waals surface area contributed by atoms with Crippen LogP contribution in [0.25, 0.3) is 0 Å². The van der Waals surface area contributed by atoms with Gasteiger partial charge in [-0.15, -0.1) is 0 Å². The second kappa shape index (κ2) is 3.70. The lowest BCUT2D eigenvalue weighted by Gasteiger charge is -2.34. The molecule has 3 rings (SSSR count). The van der Waals surface area contributed by atoms with E-state index in [1.165, 1.54) is 21.2 Å². The van der Waals surface area contributed by atoms with Crippen molar-refractivity contribution in [2.24, 2.45) is 5.92 Å². The minimum absolute atomic E-state index is 0.671. The molecule has 1 heterocycles. The summed E-state index contributed by atoms with van der Waals surface area (Å²) in [5.74, 6) is 0.671. The first-order valence-corrected chi connectivity index (χ1v) is 6.50. The van der Waals surface area contributed by atoms with Gasteiger partial charge in [0.1, 0.15) is 0 Å². The maximum Gasteiger partial charge on any atom is 0.0550 e. The van der Waals surface area contributed by atoms with Crippen molar-refractivity contribution in [1.82, 2.24) is 0 Å². The van der Waals surface area contributed by atoms with Crippen molar-refractivity contribution in [3.63, 3.8) is 0 Å². The summed E-state index contributed by atoms with van der Waals surface area (Å²) in [5, 5.41) is 0. The Balaban J connectivity index is 2.11. The van der Waals surface area contributed by atoms with E-state index in [1.807, 2.05) is 11.8 Å². The van der Waals surface area contributed by atoms with E-state index in [-0.39, 0.29) is 0 Å². The summed E-state index contributed by atoms with van der Waals surface area (Å²) >= 11 is 1.90. The molecule has 1 atom stereocenters. The molecule has 2 heteroatoms. The molecule has 16 heavy (non-hydrogen) atoms. The molecule has 0 spiro atoms. The fourth-order valence-corrected chi connectivity index (χ4v) is 3.59. The molecule has 0 aromatic heterocycles. The van der Waals surface area contributed by atoms with Gasteiger partial charge in [0.15, 0.2) is 0 Å². The number of anilines is 1. The predicted molar refractivity (Wildman–Crippen MR) is 70.6 cm³/mol. The number of allylic oxidation sites excluding steroid dienone is 2. The van der Waals surface area contributed by atoms with Crippen LogP contribution in [0.3, 0.4) is 0 Å². The van der Waals surface area contributed by atoms with Gasteiger partial charge in [0.25, 0.3) is 0 Å². The Hall–Kier alpha value is -1.15. The third-order valence-electron chi connectivity index (χ3n) is 3.18. The van der Waals surface area contributed by atoms with Crippen LogP contribution in [-0.2, 0) is 0 Å². The number of thioether (sulfide) groups is 1. The number of fused-ring (bicyclic) bond motifs is 2. The first-order valence-electron chi connectivity index (χ1n) is 5.68. The number of para-hydroxylation sites is 1. The zero-order valence-corrected chi connectivity index (χ0v) is 10.4. The van der Waals surface area contributed by atoms with E-state index in [0.717, 1.165) is 6.42 Å². The van der Waals surface area contributed by atoms with Crippen molar-refractivity contribution in [3.8, 4) is 0 Å². The van der Waals surface area contributed by atoms with E-state index < -0.39 is 0 Å². The van der Waals surface area contributed by atoms with Gasteiger partial charge in [-0.2, -0.15) is 0 Å². The molecule has 0 saturated heterocycles. The van der Waals surface area contributed by atoms with Crippen LogP contribution >= 0.6 is 11.8 Å². The zero-order chi connectivity index (χ0) is 11.1. The van der Waals surface area contributed by atoms with Gasteiger partial charge in [-0.3, -0.25) is 0 Å². The molecule has 0 amide bonds. The lowest BCUT2D eigenvalue weighted by Crippen LogP contribution is -2.23. The minimum atomic E-state index is 0.671. The average Bonchev–Trinajstić information content (AvgIpc) is 2.29. The van der Waals surface area contributed by atoms with Gasteiger partial charge in [0, 0.05) is 16.8 Å². The van der Waals surface area contributed by atoms with Crippen LogP contribution < -0.4 is 4.90 Å². The van der Waals surface area contributed by atoms with Crippen LogP contribution in [0.5, 0.6) is 0 Å². The molecule has 1 nitrogen and oxygen atoms in total. The largest absolute Gasteiger partial charge is 0.343 e. The van der Waals surface area contributed by atoms with Gasteiger partial charge in [-0.05, 0) is 24.5 Å². The van der Waals surface area contributed by atoms with Crippen LogP contribution in [0, 0.1) is 5.92 Å². The van der Waals surface area contributed by atoms with Gasteiger partial charge < -0.3 is 4.90 Å². The number of nitrogens with zero attached hydrogens (tertiary/aromatic N) is 1. The molecule has 0 saturated carbocycles. The monoisotopic (exact) mass is 229 g/mol. The molecule has 2 aliphatic rings. The molecule has 1 aromatic carbocycles. The Kier molecular flexibility index (Phi) is 2.32. The van der Waals surface area contributed by atoms with Gasteiger partial charge in [-0.1, -0.05) is 43.0 Å². The lowest BCUT2D eigenvalue weighted by molar-refractivity contribution is 0.723. The van der Waals surface area contributed by atoms with Crippen LogP contribution in [0.1, 0.15) is 13.3 Å². The fourth-order valence-electron chi connectivity index (χ4n) is 2.27. The summed E-state index contributed by atoms with van der Waals surface area (Å²) < 4.78 is 0. The highest BCUT2D eigenvalue weighted by atomic mass is 32.2. The smallest absolute Gasteiger partial charge is 0.0550 e. The maximum absolute atomic E-state index is 2.40. The number of hydrogen-bond donors (Lipinski definition) is 0. The summed E-state index contributed by atoms with van der Waals surface area (Å²) in [7, 11) is 2.16. The first kappa shape index (κ1) is 10.0. The van der Waals surface area contributed by atoms with E-state index in [4.69, 9.17) is 0 Å². The van der Waals surface area contributed by atoms with Crippen molar-refractivity contribution in [1.29, 1.82) is 0 Å². The third-order valence-corrected chi connectivity index (χ3v) is 4.31. The molecule has 1 aliphatic carbocycles. The summed E-state index contributed by atoms with van der Waals surface area (Å²) in [6.45, 7) is 2.28. The van der Waals surface area contributed by atoms with Crippen molar-refractivity contribution in [3.05, 3.63) is 47.0 Å².